The molecule has 1 saturated heterocycles. The van der Waals surface area contributed by atoms with Crippen molar-refractivity contribution in [3.63, 3.8) is 0 Å². The van der Waals surface area contributed by atoms with E-state index in [0.29, 0.717) is 5.16 Å². The summed E-state index contributed by atoms with van der Waals surface area (Å²) in [6.45, 7) is -0.213. The number of β-lactam (4-membered cyclic amide) rings is 1. The van der Waals surface area contributed by atoms with Crippen LogP contribution >= 0.6 is 11.8 Å². The third-order valence-corrected chi connectivity index (χ3v) is 6.73. The van der Waals surface area contributed by atoms with Gasteiger partial charge < -0.3 is 30.1 Å². The summed E-state index contributed by atoms with van der Waals surface area (Å²) in [7, 11) is 2.71. The number of nitrogens with one attached hydrogen (secondary N) is 1. The van der Waals surface area contributed by atoms with E-state index in [1.165, 1.54) is 28.9 Å². The van der Waals surface area contributed by atoms with Gasteiger partial charge in [-0.3, -0.25) is 19.3 Å². The molecular formula is C20H21N6NaO9S. The predicted molar refractivity (Wildman–Crippen MR) is 124 cm³/mol. The van der Waals surface area contributed by atoms with Crippen molar-refractivity contribution < 1.29 is 44.0 Å². The van der Waals surface area contributed by atoms with Gasteiger partial charge in [0.1, 0.15) is 11.4 Å². The molecule has 0 unspecified atom stereocenters. The molecule has 2 aliphatic heterocycles. The molecule has 3 heterocycles. The normalized spacial score (nSPS) is 21.4. The number of fused-ring (bicyclic) bond motifs is 1. The molecule has 1 fully saturated rings. The van der Waals surface area contributed by atoms with Gasteiger partial charge in [-0.1, -0.05) is 23.9 Å². The molecule has 2 aliphatic rings. The van der Waals surface area contributed by atoms with Gasteiger partial charge in [-0.2, -0.15) is 0 Å². The minimum atomic E-state index is -2.14. The van der Waals surface area contributed by atoms with Crippen LogP contribution in [0.1, 0.15) is 11.5 Å². The topological polar surface area (TPSA) is 206 Å². The number of aryl methyl sites for hydroxylation is 1. The van der Waals surface area contributed by atoms with Gasteiger partial charge in [0.15, 0.2) is 12.1 Å². The van der Waals surface area contributed by atoms with Gasteiger partial charge in [-0.05, 0) is 33.7 Å². The van der Waals surface area contributed by atoms with E-state index < -0.39 is 41.6 Å². The molecule has 3 atom stereocenters. The van der Waals surface area contributed by atoms with Crippen LogP contribution in [0.5, 0.6) is 5.75 Å². The summed E-state index contributed by atoms with van der Waals surface area (Å²) in [4.78, 5) is 51.0. The fraction of sp³-hybridized carbons (Fsp3) is 0.350. The second kappa shape index (κ2) is 11.2. The number of benzene rings is 1. The minimum absolute atomic E-state index is 0. The summed E-state index contributed by atoms with van der Waals surface area (Å²) in [5.74, 6) is -6.73. The first-order valence-corrected chi connectivity index (χ1v) is 11.2. The summed E-state index contributed by atoms with van der Waals surface area (Å²) < 4.78 is 12.4. The summed E-state index contributed by atoms with van der Waals surface area (Å²) in [5.41, 5.74) is -2.17. The second-order valence-corrected chi connectivity index (χ2v) is 8.70. The second-order valence-electron chi connectivity index (χ2n) is 7.76. The fourth-order valence-corrected chi connectivity index (χ4v) is 4.72. The Kier molecular flexibility index (Phi) is 8.61. The van der Waals surface area contributed by atoms with Gasteiger partial charge in [-0.15, -0.1) is 5.10 Å². The number of carbonyl (C=O) groups excluding carboxylic acids is 2. The molecular weight excluding hydrogens is 523 g/mol. The van der Waals surface area contributed by atoms with Crippen molar-refractivity contribution in [1.82, 2.24) is 30.4 Å². The number of aromatic nitrogens is 4. The van der Waals surface area contributed by atoms with Crippen LogP contribution in [-0.4, -0.2) is 125 Å². The maximum atomic E-state index is 13.2. The molecule has 17 heteroatoms. The number of carboxylic acids is 2. The van der Waals surface area contributed by atoms with Crippen molar-refractivity contribution in [2.45, 2.75) is 23.0 Å². The molecule has 0 saturated carbocycles. The Hall–Kier alpha value is -3.02. The van der Waals surface area contributed by atoms with Crippen LogP contribution in [0.4, 0.5) is 0 Å². The van der Waals surface area contributed by atoms with Gasteiger partial charge >= 0.3 is 41.5 Å². The van der Waals surface area contributed by atoms with E-state index in [1.807, 2.05) is 0 Å². The van der Waals surface area contributed by atoms with Gasteiger partial charge in [0.25, 0.3) is 11.6 Å². The van der Waals surface area contributed by atoms with E-state index in [4.69, 9.17) is 9.47 Å². The van der Waals surface area contributed by atoms with E-state index in [9.17, 15) is 34.5 Å². The van der Waals surface area contributed by atoms with E-state index in [0.717, 1.165) is 23.8 Å². The Morgan fingerprint density at radius 3 is 2.51 bits per heavy atom. The van der Waals surface area contributed by atoms with Gasteiger partial charge in [0.2, 0.25) is 11.1 Å². The van der Waals surface area contributed by atoms with Crippen LogP contribution in [-0.2, 0) is 35.7 Å². The Bertz CT molecular complexity index is 1270. The predicted octanol–water partition coefficient (Wildman–Crippen LogP) is -1.78. The summed E-state index contributed by atoms with van der Waals surface area (Å²) in [6.07, 6.45) is -1.36. The molecule has 15 nitrogen and oxygen atoms in total. The molecule has 2 aromatic rings. The number of phenols is 1. The zero-order chi connectivity index (χ0) is 26.2. The number of rotatable bonds is 9. The molecule has 192 valence electrons. The van der Waals surface area contributed by atoms with Crippen LogP contribution in [0.2, 0.25) is 0 Å². The molecule has 0 radical (unpaired) electrons. The van der Waals surface area contributed by atoms with Crippen molar-refractivity contribution in [2.75, 3.05) is 19.5 Å². The summed E-state index contributed by atoms with van der Waals surface area (Å²) in [6, 6.07) is 4.93. The quantitative estimate of drug-likeness (QED) is 0.0907. The van der Waals surface area contributed by atoms with Gasteiger partial charge in [0.05, 0.1) is 6.61 Å². The van der Waals surface area contributed by atoms with Crippen molar-refractivity contribution in [3.8, 4) is 5.75 Å². The van der Waals surface area contributed by atoms with Crippen LogP contribution in [0.3, 0.4) is 0 Å². The van der Waals surface area contributed by atoms with Gasteiger partial charge in [-0.25, -0.2) is 9.48 Å². The summed E-state index contributed by atoms with van der Waals surface area (Å²) >= 11 is 1.14. The third kappa shape index (κ3) is 5.07. The Morgan fingerprint density at radius 2 is 1.97 bits per heavy atom. The van der Waals surface area contributed by atoms with Crippen molar-refractivity contribution in [2.24, 2.45) is 7.05 Å². The van der Waals surface area contributed by atoms with Crippen LogP contribution < -0.4 is 5.32 Å². The molecule has 0 bridgehead atoms. The monoisotopic (exact) mass is 544 g/mol. The molecule has 4 rings (SSSR count). The van der Waals surface area contributed by atoms with E-state index >= 15 is 0 Å². The van der Waals surface area contributed by atoms with E-state index in [1.54, 1.807) is 7.05 Å². The Labute approximate surface area is 235 Å². The zero-order valence-electron chi connectivity index (χ0n) is 18.8. The Balaban J connectivity index is 0.00000380. The summed E-state index contributed by atoms with van der Waals surface area (Å²) in [5, 5.41) is 42.6. The Morgan fingerprint density at radius 1 is 1.30 bits per heavy atom. The number of aliphatic carboxylic acids is 2. The first kappa shape index (κ1) is 28.5. The molecule has 1 aromatic carbocycles. The van der Waals surface area contributed by atoms with E-state index in [-0.39, 0.29) is 64.5 Å². The number of thioether (sulfide) groups is 1. The number of ether oxygens (including phenoxy) is 2. The fourth-order valence-electron chi connectivity index (χ4n) is 3.88. The number of hydrogen-bond donors (Lipinski definition) is 4. The van der Waals surface area contributed by atoms with Crippen molar-refractivity contribution in [3.05, 3.63) is 41.1 Å². The van der Waals surface area contributed by atoms with Gasteiger partial charge in [0, 0.05) is 19.9 Å². The molecule has 0 aliphatic carbocycles. The number of amides is 2. The third-order valence-electron chi connectivity index (χ3n) is 5.64. The number of hydrogen-bond acceptors (Lipinski definition) is 11. The number of tetrazole rings is 1. The molecule has 2 amide bonds. The molecule has 4 N–H and O–H groups in total. The van der Waals surface area contributed by atoms with Crippen LogP contribution in [0.25, 0.3) is 0 Å². The standard InChI is InChI=1S/C20H20N6O9S.Na.H/c1-25-19(22-23-24-25)36-8-10-7-35-18-20(34-2,17(33)26(18)13(10)16(31)32)21-14(28)12(15(29)30)9-3-5-11(27)6-4-9;;/h3-6,12,18,27H,7-8H2,1-2H3,(H,21,28)(H,29,30)(H,31,32);;/t12-,18-,20+;;/m1../s1. The average molecular weight is 544 g/mol. The van der Waals surface area contributed by atoms with Crippen molar-refractivity contribution >= 4 is 65.1 Å². The molecule has 1 aromatic heterocycles. The number of phenolic OH excluding ortho intramolecular Hbond substituents is 1. The number of aromatic hydroxyl groups is 1. The maximum absolute atomic E-state index is 13.2. The number of methoxy groups -OCH3 is 1. The molecule has 37 heavy (non-hydrogen) atoms. The first-order chi connectivity index (χ1) is 17.1. The number of carboxylic acid groups (broad SMARTS) is 2. The average Bonchev–Trinajstić information content (AvgIpc) is 3.25. The number of carbonyl (C=O) groups is 4. The SMILES string of the molecule is CO[C@@]1(NC(=O)[C@H](C(=O)O)c2ccc(O)cc2)C(=O)N2C(C(=O)O)=C(CSc3nnnn3C)CO[C@@H]21.[NaH]. The first-order valence-electron chi connectivity index (χ1n) is 10.2. The van der Waals surface area contributed by atoms with Crippen LogP contribution in [0, 0.1) is 0 Å². The van der Waals surface area contributed by atoms with Crippen LogP contribution in [0.15, 0.2) is 40.7 Å². The van der Waals surface area contributed by atoms with E-state index in [2.05, 4.69) is 20.8 Å². The number of nitrogens with zero attached hydrogens (tertiary/aromatic N) is 5. The van der Waals surface area contributed by atoms with Crippen molar-refractivity contribution in [1.29, 1.82) is 0 Å². The molecule has 0 spiro atoms. The zero-order valence-corrected chi connectivity index (χ0v) is 19.6.